The molecule has 0 aromatic heterocycles. The van der Waals surface area contributed by atoms with E-state index in [1.807, 2.05) is 31.2 Å². The predicted octanol–water partition coefficient (Wildman–Crippen LogP) is -1.18. The quantitative estimate of drug-likeness (QED) is 0.502. The van der Waals surface area contributed by atoms with Gasteiger partial charge in [0.1, 0.15) is 6.10 Å². The van der Waals surface area contributed by atoms with E-state index in [1.54, 1.807) is 12.1 Å². The molecular formula is C19H20LiNO5. The summed E-state index contributed by atoms with van der Waals surface area (Å²) in [5.74, 6) is -1.24. The van der Waals surface area contributed by atoms with Gasteiger partial charge in [0.25, 0.3) is 0 Å². The number of alkyl carbamates (subject to hydrolysis) is 1. The SMILES string of the molecule is COC(=O)NCCOC(c1cccc(C)c1)c1cccc(C(=O)[O-])c1.[Li+]. The number of hydrogen-bond donors (Lipinski definition) is 1. The Balaban J connectivity index is 0.00000338. The molecular weight excluding hydrogens is 329 g/mol. The fraction of sp³-hybridized carbons (Fsp3) is 0.263. The Morgan fingerprint density at radius 2 is 1.77 bits per heavy atom. The monoisotopic (exact) mass is 349 g/mol. The summed E-state index contributed by atoms with van der Waals surface area (Å²) in [5.41, 5.74) is 2.75. The number of benzene rings is 2. The largest absolute Gasteiger partial charge is 1.00 e. The number of carbonyl (C=O) groups excluding carboxylic acids is 2. The summed E-state index contributed by atoms with van der Waals surface area (Å²) < 4.78 is 10.4. The molecule has 6 nitrogen and oxygen atoms in total. The molecule has 26 heavy (non-hydrogen) atoms. The predicted molar refractivity (Wildman–Crippen MR) is 90.2 cm³/mol. The fourth-order valence-corrected chi connectivity index (χ4v) is 2.45. The Morgan fingerprint density at radius 1 is 1.12 bits per heavy atom. The maximum atomic E-state index is 11.1. The van der Waals surface area contributed by atoms with Crippen molar-refractivity contribution in [3.63, 3.8) is 0 Å². The molecule has 0 aliphatic heterocycles. The van der Waals surface area contributed by atoms with Gasteiger partial charge in [0, 0.05) is 6.54 Å². The molecule has 2 rings (SSSR count). The van der Waals surface area contributed by atoms with Gasteiger partial charge in [-0.05, 0) is 29.7 Å². The summed E-state index contributed by atoms with van der Waals surface area (Å²) in [6, 6.07) is 14.2. The second-order valence-electron chi connectivity index (χ2n) is 5.50. The molecule has 0 aliphatic carbocycles. The van der Waals surface area contributed by atoms with Gasteiger partial charge in [-0.2, -0.15) is 0 Å². The Bertz CT molecular complexity index is 750. The molecule has 132 valence electrons. The van der Waals surface area contributed by atoms with E-state index in [0.29, 0.717) is 5.56 Å². The van der Waals surface area contributed by atoms with Crippen LogP contribution < -0.4 is 29.3 Å². The zero-order chi connectivity index (χ0) is 18.2. The molecule has 0 bridgehead atoms. The van der Waals surface area contributed by atoms with Gasteiger partial charge in [-0.15, -0.1) is 0 Å². The van der Waals surface area contributed by atoms with Crippen LogP contribution in [0.2, 0.25) is 0 Å². The summed E-state index contributed by atoms with van der Waals surface area (Å²) in [7, 11) is 1.29. The first-order valence-electron chi connectivity index (χ1n) is 7.82. The smallest absolute Gasteiger partial charge is 0.545 e. The maximum absolute atomic E-state index is 11.1. The first-order chi connectivity index (χ1) is 12.0. The van der Waals surface area contributed by atoms with E-state index in [9.17, 15) is 14.7 Å². The van der Waals surface area contributed by atoms with Gasteiger partial charge < -0.3 is 24.7 Å². The zero-order valence-corrected chi connectivity index (χ0v) is 15.2. The topological polar surface area (TPSA) is 87.7 Å². The van der Waals surface area contributed by atoms with E-state index in [2.05, 4.69) is 10.1 Å². The van der Waals surface area contributed by atoms with Crippen LogP contribution in [0.4, 0.5) is 4.79 Å². The van der Waals surface area contributed by atoms with Crippen molar-refractivity contribution in [2.45, 2.75) is 13.0 Å². The number of nitrogens with one attached hydrogen (secondary N) is 1. The number of rotatable bonds is 7. The first-order valence-corrected chi connectivity index (χ1v) is 7.82. The molecule has 1 amide bonds. The van der Waals surface area contributed by atoms with Gasteiger partial charge in [-0.1, -0.05) is 48.0 Å². The third-order valence-corrected chi connectivity index (χ3v) is 3.61. The standard InChI is InChI=1S/C19H21NO5.Li/c1-13-5-3-6-14(11-13)17(25-10-9-20-19(23)24-2)15-7-4-8-16(12-15)18(21)22;/h3-8,11-12,17H,9-10H2,1-2H3,(H,20,23)(H,21,22);/q;+1/p-1. The Hall–Kier alpha value is -2.26. The number of carboxylic acid groups (broad SMARTS) is 1. The van der Waals surface area contributed by atoms with Crippen molar-refractivity contribution in [2.75, 3.05) is 20.3 Å². The van der Waals surface area contributed by atoms with Crippen LogP contribution in [-0.4, -0.2) is 32.3 Å². The molecule has 0 spiro atoms. The summed E-state index contributed by atoms with van der Waals surface area (Å²) in [4.78, 5) is 22.2. The summed E-state index contributed by atoms with van der Waals surface area (Å²) >= 11 is 0. The number of amides is 1. The van der Waals surface area contributed by atoms with Crippen molar-refractivity contribution in [1.82, 2.24) is 5.32 Å². The van der Waals surface area contributed by atoms with Crippen LogP contribution in [0.5, 0.6) is 0 Å². The second kappa shape index (κ2) is 10.7. The number of carboxylic acids is 1. The minimum atomic E-state index is -1.24. The third-order valence-electron chi connectivity index (χ3n) is 3.61. The Kier molecular flexibility index (Phi) is 8.93. The van der Waals surface area contributed by atoms with E-state index in [-0.39, 0.29) is 37.6 Å². The van der Waals surface area contributed by atoms with Gasteiger partial charge in [-0.3, -0.25) is 0 Å². The van der Waals surface area contributed by atoms with Gasteiger partial charge >= 0.3 is 25.0 Å². The Morgan fingerprint density at radius 3 is 2.38 bits per heavy atom. The molecule has 2 aromatic rings. The summed E-state index contributed by atoms with van der Waals surface area (Å²) in [6.45, 7) is 2.48. The minimum absolute atomic E-state index is 0. The average Bonchev–Trinajstić information content (AvgIpc) is 2.61. The Labute approximate surface area is 164 Å². The molecule has 0 heterocycles. The third kappa shape index (κ3) is 6.23. The van der Waals surface area contributed by atoms with Crippen molar-refractivity contribution in [3.05, 3.63) is 70.8 Å². The average molecular weight is 349 g/mol. The maximum Gasteiger partial charge on any atom is 1.00 e. The van der Waals surface area contributed by atoms with Crippen molar-refractivity contribution < 1.29 is 43.0 Å². The van der Waals surface area contributed by atoms with Crippen LogP contribution in [0.25, 0.3) is 0 Å². The molecule has 2 aromatic carbocycles. The van der Waals surface area contributed by atoms with Gasteiger partial charge in [0.15, 0.2) is 0 Å². The normalized spacial score (nSPS) is 11.2. The van der Waals surface area contributed by atoms with Gasteiger partial charge in [-0.25, -0.2) is 4.79 Å². The molecule has 1 atom stereocenters. The van der Waals surface area contributed by atoms with E-state index in [1.165, 1.54) is 19.2 Å². The van der Waals surface area contributed by atoms with Crippen molar-refractivity contribution in [3.8, 4) is 0 Å². The van der Waals surface area contributed by atoms with Gasteiger partial charge in [0.2, 0.25) is 0 Å². The van der Waals surface area contributed by atoms with Crippen molar-refractivity contribution >= 4 is 12.1 Å². The van der Waals surface area contributed by atoms with Crippen LogP contribution in [0, 0.1) is 6.92 Å². The van der Waals surface area contributed by atoms with Gasteiger partial charge in [0.05, 0.1) is 19.7 Å². The van der Waals surface area contributed by atoms with Crippen LogP contribution in [0.1, 0.15) is 33.2 Å². The second-order valence-corrected chi connectivity index (χ2v) is 5.50. The number of ether oxygens (including phenoxy) is 2. The van der Waals surface area contributed by atoms with Crippen molar-refractivity contribution in [1.29, 1.82) is 0 Å². The molecule has 0 aliphatic rings. The summed E-state index contributed by atoms with van der Waals surface area (Å²) in [5, 5.41) is 13.7. The zero-order valence-electron chi connectivity index (χ0n) is 15.2. The molecule has 0 radical (unpaired) electrons. The minimum Gasteiger partial charge on any atom is -0.545 e. The van der Waals surface area contributed by atoms with Crippen LogP contribution in [0.15, 0.2) is 48.5 Å². The molecule has 1 N–H and O–H groups in total. The molecule has 0 fully saturated rings. The number of hydrogen-bond acceptors (Lipinski definition) is 5. The first kappa shape index (κ1) is 21.8. The van der Waals surface area contributed by atoms with Crippen LogP contribution in [0.3, 0.4) is 0 Å². The summed E-state index contributed by atoms with van der Waals surface area (Å²) in [6.07, 6.45) is -0.992. The van der Waals surface area contributed by atoms with Crippen LogP contribution >= 0.6 is 0 Å². The molecule has 7 heteroatoms. The van der Waals surface area contributed by atoms with Crippen molar-refractivity contribution in [2.24, 2.45) is 0 Å². The van der Waals surface area contributed by atoms with E-state index in [0.717, 1.165) is 11.1 Å². The molecule has 0 saturated carbocycles. The molecule has 1 unspecified atom stereocenters. The fourth-order valence-electron chi connectivity index (χ4n) is 2.45. The molecule has 0 saturated heterocycles. The van der Waals surface area contributed by atoms with E-state index < -0.39 is 18.2 Å². The number of aryl methyl sites for hydroxylation is 1. The van der Waals surface area contributed by atoms with E-state index >= 15 is 0 Å². The number of carbonyl (C=O) groups is 2. The number of methoxy groups -OCH3 is 1. The number of aromatic carboxylic acids is 1. The van der Waals surface area contributed by atoms with Crippen LogP contribution in [-0.2, 0) is 9.47 Å². The van der Waals surface area contributed by atoms with E-state index in [4.69, 9.17) is 4.74 Å².